The van der Waals surface area contributed by atoms with Gasteiger partial charge in [-0.2, -0.15) is 0 Å². The summed E-state index contributed by atoms with van der Waals surface area (Å²) in [4.78, 5) is 8.99. The van der Waals surface area contributed by atoms with Gasteiger partial charge >= 0.3 is 0 Å². The topological polar surface area (TPSA) is 65.1 Å². The van der Waals surface area contributed by atoms with Crippen LogP contribution in [0, 0.1) is 16.6 Å². The number of nitrogens with two attached hydrogens (primary N) is 1. The zero-order valence-corrected chi connectivity index (χ0v) is 15.3. The van der Waals surface area contributed by atoms with Gasteiger partial charge in [0.2, 0.25) is 0 Å². The van der Waals surface area contributed by atoms with Crippen LogP contribution in [-0.2, 0) is 0 Å². The molecule has 2 saturated carbocycles. The predicted octanol–water partition coefficient (Wildman–Crippen LogP) is 2.21. The van der Waals surface area contributed by atoms with Crippen LogP contribution in [0.1, 0.15) is 32.1 Å². The average molecular weight is 360 g/mol. The summed E-state index contributed by atoms with van der Waals surface area (Å²) in [6.07, 6.45) is 6.18. The first-order chi connectivity index (χ1) is 12.5. The van der Waals surface area contributed by atoms with Gasteiger partial charge in [0.05, 0.1) is 13.2 Å². The third kappa shape index (κ3) is 3.27. The highest BCUT2D eigenvalue weighted by molar-refractivity contribution is 5.78. The summed E-state index contributed by atoms with van der Waals surface area (Å²) in [6, 6.07) is 6.64. The normalized spacial score (nSPS) is 24.3. The Balaban J connectivity index is 1.29. The van der Waals surface area contributed by atoms with Crippen molar-refractivity contribution in [2.24, 2.45) is 21.6 Å². The second kappa shape index (κ2) is 6.72. The Morgan fingerprint density at radius 2 is 1.77 bits per heavy atom. The summed E-state index contributed by atoms with van der Waals surface area (Å²) in [5.74, 6) is 0.382. The first-order valence-corrected chi connectivity index (χ1v) is 9.70. The van der Waals surface area contributed by atoms with Gasteiger partial charge in [0.15, 0.2) is 5.96 Å². The second-order valence-corrected chi connectivity index (χ2v) is 8.49. The summed E-state index contributed by atoms with van der Waals surface area (Å²) >= 11 is 0. The van der Waals surface area contributed by atoms with Gasteiger partial charge in [0, 0.05) is 37.3 Å². The molecule has 2 aliphatic carbocycles. The van der Waals surface area contributed by atoms with E-state index in [1.54, 1.807) is 0 Å². The van der Waals surface area contributed by atoms with Crippen LogP contribution in [0.5, 0.6) is 0 Å². The van der Waals surface area contributed by atoms with Gasteiger partial charge < -0.3 is 20.6 Å². The maximum Gasteiger partial charge on any atom is 0.191 e. The van der Waals surface area contributed by atoms with E-state index in [0.717, 1.165) is 44.7 Å². The number of anilines is 1. The molecule has 1 aliphatic heterocycles. The van der Waals surface area contributed by atoms with E-state index in [1.165, 1.54) is 31.4 Å². The molecule has 4 rings (SSSR count). The van der Waals surface area contributed by atoms with Crippen LogP contribution in [-0.4, -0.2) is 55.3 Å². The van der Waals surface area contributed by atoms with Crippen molar-refractivity contribution in [3.8, 4) is 0 Å². The molecule has 1 aromatic carbocycles. The van der Waals surface area contributed by atoms with Gasteiger partial charge in [-0.1, -0.05) is 6.42 Å². The van der Waals surface area contributed by atoms with Crippen molar-refractivity contribution in [1.29, 1.82) is 0 Å². The molecule has 1 spiro atoms. The number of aliphatic hydroxyl groups excluding tert-OH is 1. The van der Waals surface area contributed by atoms with Gasteiger partial charge in [-0.25, -0.2) is 4.39 Å². The largest absolute Gasteiger partial charge is 0.396 e. The molecule has 1 aromatic rings. The van der Waals surface area contributed by atoms with Crippen LogP contribution in [0.15, 0.2) is 29.3 Å². The summed E-state index contributed by atoms with van der Waals surface area (Å²) in [6.45, 7) is 4.15. The Morgan fingerprint density at radius 3 is 2.31 bits per heavy atom. The summed E-state index contributed by atoms with van der Waals surface area (Å²) in [5, 5.41) is 9.83. The molecule has 6 heteroatoms. The third-order valence-corrected chi connectivity index (χ3v) is 6.62. The van der Waals surface area contributed by atoms with E-state index in [9.17, 15) is 9.50 Å². The number of aliphatic hydroxyl groups is 1. The lowest BCUT2D eigenvalue weighted by Gasteiger charge is -2.60. The van der Waals surface area contributed by atoms with Crippen LogP contribution >= 0.6 is 0 Å². The highest BCUT2D eigenvalue weighted by atomic mass is 19.1. The maximum absolute atomic E-state index is 13.1. The lowest BCUT2D eigenvalue weighted by molar-refractivity contribution is -0.115. The molecule has 0 atom stereocenters. The number of guanidine groups is 1. The van der Waals surface area contributed by atoms with Crippen LogP contribution in [0.2, 0.25) is 0 Å². The predicted molar refractivity (Wildman–Crippen MR) is 102 cm³/mol. The van der Waals surface area contributed by atoms with Crippen molar-refractivity contribution in [2.45, 2.75) is 32.1 Å². The van der Waals surface area contributed by atoms with Gasteiger partial charge in [0.25, 0.3) is 0 Å². The molecule has 1 saturated heterocycles. The highest BCUT2D eigenvalue weighted by Gasteiger charge is 2.56. The Morgan fingerprint density at radius 1 is 1.12 bits per heavy atom. The minimum atomic E-state index is -0.207. The van der Waals surface area contributed by atoms with E-state index in [1.807, 2.05) is 12.1 Å². The van der Waals surface area contributed by atoms with Crippen molar-refractivity contribution in [2.75, 3.05) is 44.2 Å². The van der Waals surface area contributed by atoms with Crippen molar-refractivity contribution in [1.82, 2.24) is 4.90 Å². The molecule has 0 aromatic heterocycles. The van der Waals surface area contributed by atoms with E-state index in [-0.39, 0.29) is 17.8 Å². The van der Waals surface area contributed by atoms with Crippen LogP contribution in [0.3, 0.4) is 0 Å². The van der Waals surface area contributed by atoms with Crippen molar-refractivity contribution >= 4 is 11.6 Å². The summed E-state index contributed by atoms with van der Waals surface area (Å²) in [5.41, 5.74) is 7.76. The summed E-state index contributed by atoms with van der Waals surface area (Å²) < 4.78 is 13.1. The fourth-order valence-corrected chi connectivity index (χ4v) is 5.04. The Hall–Kier alpha value is -1.82. The van der Waals surface area contributed by atoms with E-state index >= 15 is 0 Å². The molecule has 1 heterocycles. The molecule has 0 amide bonds. The molecule has 5 nitrogen and oxygen atoms in total. The smallest absolute Gasteiger partial charge is 0.191 e. The minimum absolute atomic E-state index is 0.0407. The molecule has 0 radical (unpaired) electrons. The number of piperazine rings is 1. The highest BCUT2D eigenvalue weighted by Crippen LogP contribution is 2.64. The van der Waals surface area contributed by atoms with E-state index in [4.69, 9.17) is 5.73 Å². The third-order valence-electron chi connectivity index (χ3n) is 6.62. The average Bonchev–Trinajstić information content (AvgIpc) is 2.60. The number of hydrogen-bond donors (Lipinski definition) is 2. The van der Waals surface area contributed by atoms with Gasteiger partial charge in [-0.15, -0.1) is 0 Å². The lowest BCUT2D eigenvalue weighted by atomic mass is 9.45. The van der Waals surface area contributed by atoms with Gasteiger partial charge in [-0.3, -0.25) is 4.99 Å². The lowest BCUT2D eigenvalue weighted by Crippen LogP contribution is -2.55. The standard InChI is InChI=1S/C20H29FN4O/c21-16-2-4-17(5-3-16)24-8-10-25(11-9-24)18(22)23-14-20(15-26)12-19(13-20)6-1-7-19/h2-5,26H,1,6-15H2,(H2,22,23). The Labute approximate surface area is 154 Å². The molecular formula is C20H29FN4O. The molecule has 0 unspecified atom stereocenters. The molecule has 142 valence electrons. The fraction of sp³-hybridized carbons (Fsp3) is 0.650. The summed E-state index contributed by atoms with van der Waals surface area (Å²) in [7, 11) is 0. The molecule has 26 heavy (non-hydrogen) atoms. The minimum Gasteiger partial charge on any atom is -0.396 e. The van der Waals surface area contributed by atoms with E-state index in [2.05, 4.69) is 14.8 Å². The van der Waals surface area contributed by atoms with Gasteiger partial charge in [0.1, 0.15) is 5.82 Å². The van der Waals surface area contributed by atoms with Crippen molar-refractivity contribution in [3.05, 3.63) is 30.1 Å². The zero-order chi connectivity index (χ0) is 18.2. The maximum atomic E-state index is 13.1. The molecule has 3 N–H and O–H groups in total. The van der Waals surface area contributed by atoms with E-state index in [0.29, 0.717) is 17.9 Å². The van der Waals surface area contributed by atoms with Crippen LogP contribution in [0.4, 0.5) is 10.1 Å². The monoisotopic (exact) mass is 360 g/mol. The second-order valence-electron chi connectivity index (χ2n) is 8.49. The number of aliphatic imine (C=N–C) groups is 1. The van der Waals surface area contributed by atoms with Crippen LogP contribution < -0.4 is 10.6 Å². The first kappa shape index (κ1) is 17.6. The van der Waals surface area contributed by atoms with Crippen molar-refractivity contribution in [3.63, 3.8) is 0 Å². The number of nitrogens with zero attached hydrogens (tertiary/aromatic N) is 3. The molecule has 3 aliphatic rings. The zero-order valence-electron chi connectivity index (χ0n) is 15.3. The Kier molecular flexibility index (Phi) is 4.55. The SMILES string of the molecule is NC(=NCC1(CO)CC2(CCC2)C1)N1CCN(c2ccc(F)cc2)CC1. The fourth-order valence-electron chi connectivity index (χ4n) is 5.04. The molecule has 3 fully saturated rings. The number of benzene rings is 1. The Bertz CT molecular complexity index is 655. The van der Waals surface area contributed by atoms with Crippen LogP contribution in [0.25, 0.3) is 0 Å². The van der Waals surface area contributed by atoms with Gasteiger partial charge in [-0.05, 0) is 55.4 Å². The quantitative estimate of drug-likeness (QED) is 0.638. The molecular weight excluding hydrogens is 331 g/mol. The number of halogens is 1. The number of rotatable bonds is 4. The molecule has 0 bridgehead atoms. The number of hydrogen-bond acceptors (Lipinski definition) is 3. The van der Waals surface area contributed by atoms with Crippen molar-refractivity contribution < 1.29 is 9.50 Å². The first-order valence-electron chi connectivity index (χ1n) is 9.70. The van der Waals surface area contributed by atoms with E-state index < -0.39 is 0 Å².